The highest BCUT2D eigenvalue weighted by Crippen LogP contribution is 2.38. The summed E-state index contributed by atoms with van der Waals surface area (Å²) in [7, 11) is 0. The third-order valence-corrected chi connectivity index (χ3v) is 3.94. The van der Waals surface area contributed by atoms with Crippen LogP contribution in [0.15, 0.2) is 12.1 Å². The Morgan fingerprint density at radius 1 is 1.32 bits per heavy atom. The molecule has 1 aromatic rings. The Hall–Kier alpha value is -1.75. The number of aliphatic hydroxyl groups is 1. The van der Waals surface area contributed by atoms with Crippen LogP contribution < -0.4 is 4.90 Å². The average molecular weight is 263 g/mol. The van der Waals surface area contributed by atoms with Crippen LogP contribution in [0.1, 0.15) is 35.2 Å². The van der Waals surface area contributed by atoms with Crippen LogP contribution in [0.3, 0.4) is 0 Å². The van der Waals surface area contributed by atoms with Crippen molar-refractivity contribution in [1.29, 1.82) is 0 Å². The van der Waals surface area contributed by atoms with E-state index >= 15 is 0 Å². The molecule has 0 unspecified atom stereocenters. The van der Waals surface area contributed by atoms with E-state index in [1.807, 2.05) is 0 Å². The molecule has 100 valence electrons. The molecule has 5 heteroatoms. The molecule has 2 atom stereocenters. The van der Waals surface area contributed by atoms with Gasteiger partial charge in [-0.3, -0.25) is 14.5 Å². The van der Waals surface area contributed by atoms with Crippen molar-refractivity contribution in [2.24, 2.45) is 0 Å². The van der Waals surface area contributed by atoms with Gasteiger partial charge in [-0.1, -0.05) is 0 Å². The van der Waals surface area contributed by atoms with Gasteiger partial charge in [0.05, 0.1) is 23.4 Å². The molecule has 1 saturated carbocycles. The molecule has 1 amide bonds. The number of ketones is 1. The van der Waals surface area contributed by atoms with Crippen molar-refractivity contribution in [2.75, 3.05) is 4.90 Å². The van der Waals surface area contributed by atoms with Crippen molar-refractivity contribution < 1.29 is 19.1 Å². The largest absolute Gasteiger partial charge is 0.391 e. The molecule has 0 aromatic heterocycles. The number of hydrogen-bond donors (Lipinski definition) is 1. The number of aliphatic hydroxyl groups excluding tert-OH is 1. The number of anilines is 1. The van der Waals surface area contributed by atoms with Crippen LogP contribution in [-0.4, -0.2) is 28.9 Å². The first-order valence-electron chi connectivity index (χ1n) is 6.37. The van der Waals surface area contributed by atoms with Crippen LogP contribution in [0.25, 0.3) is 0 Å². The molecule has 2 aliphatic rings. The van der Waals surface area contributed by atoms with Gasteiger partial charge in [0.25, 0.3) is 11.7 Å². The summed E-state index contributed by atoms with van der Waals surface area (Å²) in [5.74, 6) is -1.86. The predicted molar refractivity (Wildman–Crippen MR) is 66.6 cm³/mol. The molecule has 1 fully saturated rings. The van der Waals surface area contributed by atoms with Crippen molar-refractivity contribution in [1.82, 2.24) is 0 Å². The maximum Gasteiger partial charge on any atom is 0.299 e. The summed E-state index contributed by atoms with van der Waals surface area (Å²) in [6.45, 7) is 1.67. The summed E-state index contributed by atoms with van der Waals surface area (Å²) in [5.41, 5.74) is 1.12. The molecule has 0 spiro atoms. The minimum absolute atomic E-state index is 0.113. The average Bonchev–Trinajstić information content (AvgIpc) is 2.85. The van der Waals surface area contributed by atoms with E-state index in [9.17, 15) is 19.1 Å². The van der Waals surface area contributed by atoms with Gasteiger partial charge in [-0.25, -0.2) is 4.39 Å². The van der Waals surface area contributed by atoms with Crippen LogP contribution >= 0.6 is 0 Å². The Morgan fingerprint density at radius 3 is 2.68 bits per heavy atom. The third-order valence-electron chi connectivity index (χ3n) is 3.94. The lowest BCUT2D eigenvalue weighted by molar-refractivity contribution is -0.115. The van der Waals surface area contributed by atoms with Crippen molar-refractivity contribution in [3.8, 4) is 0 Å². The Kier molecular flexibility index (Phi) is 2.67. The predicted octanol–water partition coefficient (Wildman–Crippen LogP) is 1.58. The second-order valence-electron chi connectivity index (χ2n) is 5.19. The Balaban J connectivity index is 2.14. The SMILES string of the molecule is Cc1cc(F)cc2c1N([C@H]1CCC[C@@H]1O)C(=O)C2=O. The van der Waals surface area contributed by atoms with Gasteiger partial charge >= 0.3 is 0 Å². The fourth-order valence-corrected chi connectivity index (χ4v) is 3.09. The van der Waals surface area contributed by atoms with Crippen LogP contribution in [-0.2, 0) is 4.79 Å². The minimum Gasteiger partial charge on any atom is -0.391 e. The molecule has 4 nitrogen and oxygen atoms in total. The van der Waals surface area contributed by atoms with Crippen LogP contribution in [0.4, 0.5) is 10.1 Å². The minimum atomic E-state index is -0.684. The monoisotopic (exact) mass is 263 g/mol. The fourth-order valence-electron chi connectivity index (χ4n) is 3.09. The number of benzene rings is 1. The first kappa shape index (κ1) is 12.3. The number of rotatable bonds is 1. The number of carbonyl (C=O) groups excluding carboxylic acids is 2. The Labute approximate surface area is 109 Å². The summed E-state index contributed by atoms with van der Waals surface area (Å²) >= 11 is 0. The zero-order valence-corrected chi connectivity index (χ0v) is 10.5. The van der Waals surface area contributed by atoms with Crippen LogP contribution in [0.2, 0.25) is 0 Å². The van der Waals surface area contributed by atoms with Crippen LogP contribution in [0, 0.1) is 12.7 Å². The highest BCUT2D eigenvalue weighted by atomic mass is 19.1. The molecule has 1 aromatic carbocycles. The van der Waals surface area contributed by atoms with E-state index in [4.69, 9.17) is 0 Å². The molecular formula is C14H14FNO3. The van der Waals surface area contributed by atoms with E-state index in [1.54, 1.807) is 6.92 Å². The maximum absolute atomic E-state index is 13.4. The lowest BCUT2D eigenvalue weighted by atomic mass is 10.1. The number of fused-ring (bicyclic) bond motifs is 1. The van der Waals surface area contributed by atoms with E-state index in [0.29, 0.717) is 24.1 Å². The zero-order chi connectivity index (χ0) is 13.7. The van der Waals surface area contributed by atoms with Crippen molar-refractivity contribution in [2.45, 2.75) is 38.3 Å². The fraction of sp³-hybridized carbons (Fsp3) is 0.429. The first-order chi connectivity index (χ1) is 9.00. The van der Waals surface area contributed by atoms with Gasteiger partial charge < -0.3 is 5.11 Å². The first-order valence-corrected chi connectivity index (χ1v) is 6.37. The van der Waals surface area contributed by atoms with Gasteiger partial charge in [0.2, 0.25) is 0 Å². The van der Waals surface area contributed by atoms with E-state index in [0.717, 1.165) is 12.5 Å². The molecule has 1 heterocycles. The molecule has 1 N–H and O–H groups in total. The lowest BCUT2D eigenvalue weighted by Gasteiger charge is -2.27. The van der Waals surface area contributed by atoms with Gasteiger partial charge in [-0.05, 0) is 43.9 Å². The van der Waals surface area contributed by atoms with Gasteiger partial charge in [-0.15, -0.1) is 0 Å². The number of Topliss-reactive ketones (excluding diaryl/α,β-unsaturated/α-hetero) is 1. The number of hydrogen-bond acceptors (Lipinski definition) is 3. The highest BCUT2D eigenvalue weighted by molar-refractivity contribution is 6.52. The topological polar surface area (TPSA) is 57.6 Å². The van der Waals surface area contributed by atoms with E-state index < -0.39 is 23.6 Å². The summed E-state index contributed by atoms with van der Waals surface area (Å²) in [6.07, 6.45) is 1.49. The summed E-state index contributed by atoms with van der Waals surface area (Å²) in [6, 6.07) is 2.03. The smallest absolute Gasteiger partial charge is 0.299 e. The molecule has 0 saturated heterocycles. The Morgan fingerprint density at radius 2 is 2.05 bits per heavy atom. The van der Waals surface area contributed by atoms with E-state index in [2.05, 4.69) is 0 Å². The second-order valence-corrected chi connectivity index (χ2v) is 5.19. The molecular weight excluding hydrogens is 249 g/mol. The summed E-state index contributed by atoms with van der Waals surface area (Å²) < 4.78 is 13.4. The van der Waals surface area contributed by atoms with Gasteiger partial charge in [0, 0.05) is 0 Å². The van der Waals surface area contributed by atoms with E-state index in [1.165, 1.54) is 11.0 Å². The Bertz CT molecular complexity index is 584. The third kappa shape index (κ3) is 1.69. The highest BCUT2D eigenvalue weighted by Gasteiger charge is 2.44. The molecule has 1 aliphatic carbocycles. The molecule has 3 rings (SSSR count). The van der Waals surface area contributed by atoms with Crippen molar-refractivity contribution in [3.63, 3.8) is 0 Å². The van der Waals surface area contributed by atoms with Crippen molar-refractivity contribution >= 4 is 17.4 Å². The van der Waals surface area contributed by atoms with Crippen molar-refractivity contribution in [3.05, 3.63) is 29.1 Å². The molecule has 0 bridgehead atoms. The van der Waals surface area contributed by atoms with Gasteiger partial charge in [0.15, 0.2) is 0 Å². The quantitative estimate of drug-likeness (QED) is 0.782. The maximum atomic E-state index is 13.4. The number of carbonyl (C=O) groups is 2. The second kappa shape index (κ2) is 4.13. The zero-order valence-electron chi connectivity index (χ0n) is 10.5. The van der Waals surface area contributed by atoms with Gasteiger partial charge in [-0.2, -0.15) is 0 Å². The number of halogens is 1. The summed E-state index contributed by atoms with van der Waals surface area (Å²) in [5, 5.41) is 9.95. The standard InChI is InChI=1S/C14H14FNO3/c1-7-5-8(15)6-9-12(7)16(14(19)13(9)18)10-3-2-4-11(10)17/h5-6,10-11,17H,2-4H2,1H3/t10-,11-/m0/s1. The van der Waals surface area contributed by atoms with Crippen LogP contribution in [0.5, 0.6) is 0 Å². The number of aryl methyl sites for hydroxylation is 1. The van der Waals surface area contributed by atoms with Gasteiger partial charge in [0.1, 0.15) is 5.82 Å². The summed E-state index contributed by atoms with van der Waals surface area (Å²) in [4.78, 5) is 25.4. The molecule has 1 aliphatic heterocycles. The van der Waals surface area contributed by atoms with E-state index in [-0.39, 0.29) is 11.6 Å². The normalized spacial score (nSPS) is 26.2. The number of amides is 1. The molecule has 19 heavy (non-hydrogen) atoms. The lowest BCUT2D eigenvalue weighted by Crippen LogP contribution is -2.44. The molecule has 0 radical (unpaired) electrons. The number of nitrogens with zero attached hydrogens (tertiary/aromatic N) is 1.